The van der Waals surface area contributed by atoms with Gasteiger partial charge in [-0.3, -0.25) is 4.90 Å². The van der Waals surface area contributed by atoms with Crippen molar-refractivity contribution in [3.63, 3.8) is 0 Å². The zero-order chi connectivity index (χ0) is 13.4. The number of rotatable bonds is 8. The van der Waals surface area contributed by atoms with Crippen LogP contribution in [0.5, 0.6) is 0 Å². The van der Waals surface area contributed by atoms with Gasteiger partial charge in [0, 0.05) is 12.6 Å². The molecule has 1 aliphatic heterocycles. The second-order valence-electron chi connectivity index (χ2n) is 5.66. The van der Waals surface area contributed by atoms with Gasteiger partial charge in [-0.2, -0.15) is 0 Å². The van der Waals surface area contributed by atoms with Gasteiger partial charge in [-0.05, 0) is 58.0 Å². The van der Waals surface area contributed by atoms with Crippen molar-refractivity contribution in [2.75, 3.05) is 45.8 Å². The number of nitrogens with zero attached hydrogens (tertiary/aromatic N) is 2. The van der Waals surface area contributed by atoms with Crippen molar-refractivity contribution < 1.29 is 0 Å². The van der Waals surface area contributed by atoms with E-state index in [1.54, 1.807) is 0 Å². The molecule has 1 saturated heterocycles. The van der Waals surface area contributed by atoms with Crippen molar-refractivity contribution in [1.29, 1.82) is 0 Å². The molecule has 1 N–H and O–H groups in total. The van der Waals surface area contributed by atoms with Crippen molar-refractivity contribution in [2.45, 2.75) is 46.6 Å². The van der Waals surface area contributed by atoms with E-state index in [4.69, 9.17) is 0 Å². The van der Waals surface area contributed by atoms with Crippen LogP contribution in [0.25, 0.3) is 0 Å². The summed E-state index contributed by atoms with van der Waals surface area (Å²) in [5.74, 6) is 0.834. The van der Waals surface area contributed by atoms with Crippen molar-refractivity contribution in [2.24, 2.45) is 5.92 Å². The van der Waals surface area contributed by atoms with Gasteiger partial charge < -0.3 is 10.2 Å². The average Bonchev–Trinajstić information content (AvgIpc) is 2.39. The van der Waals surface area contributed by atoms with Gasteiger partial charge in [0.05, 0.1) is 0 Å². The van der Waals surface area contributed by atoms with E-state index in [1.807, 2.05) is 0 Å². The molecule has 0 amide bonds. The molecule has 2 unspecified atom stereocenters. The Morgan fingerprint density at radius 1 is 1.00 bits per heavy atom. The molecular formula is C15H33N3. The van der Waals surface area contributed by atoms with Gasteiger partial charge in [0.25, 0.3) is 0 Å². The van der Waals surface area contributed by atoms with Gasteiger partial charge >= 0.3 is 0 Å². The molecule has 0 aromatic carbocycles. The highest BCUT2D eigenvalue weighted by Gasteiger charge is 2.23. The molecule has 1 heterocycles. The predicted molar refractivity (Wildman–Crippen MR) is 80.1 cm³/mol. The van der Waals surface area contributed by atoms with Crippen LogP contribution in [0.4, 0.5) is 0 Å². The first-order valence-corrected chi connectivity index (χ1v) is 7.88. The maximum Gasteiger partial charge on any atom is 0.0223 e. The Bertz CT molecular complexity index is 204. The highest BCUT2D eigenvalue weighted by molar-refractivity contribution is 4.81. The molecule has 0 spiro atoms. The van der Waals surface area contributed by atoms with E-state index in [1.165, 1.54) is 58.7 Å². The largest absolute Gasteiger partial charge is 0.315 e. The summed E-state index contributed by atoms with van der Waals surface area (Å²) in [4.78, 5) is 5.20. The SMILES string of the molecule is CCN(CC)CCCN(CC)C1CNCC(C)C1. The molecular weight excluding hydrogens is 222 g/mol. The lowest BCUT2D eigenvalue weighted by Gasteiger charge is -2.36. The smallest absolute Gasteiger partial charge is 0.0223 e. The zero-order valence-electron chi connectivity index (χ0n) is 12.9. The summed E-state index contributed by atoms with van der Waals surface area (Å²) in [6, 6.07) is 0.760. The lowest BCUT2D eigenvalue weighted by atomic mass is 9.96. The van der Waals surface area contributed by atoms with E-state index in [9.17, 15) is 0 Å². The normalized spacial score (nSPS) is 25.0. The summed E-state index contributed by atoms with van der Waals surface area (Å²) >= 11 is 0. The van der Waals surface area contributed by atoms with Crippen LogP contribution in [0.2, 0.25) is 0 Å². The maximum atomic E-state index is 3.57. The molecule has 1 rings (SSSR count). The Morgan fingerprint density at radius 2 is 1.72 bits per heavy atom. The first kappa shape index (κ1) is 15.9. The minimum atomic E-state index is 0.760. The van der Waals surface area contributed by atoms with Crippen LogP contribution in [0.1, 0.15) is 40.5 Å². The number of piperidine rings is 1. The molecule has 1 fully saturated rings. The van der Waals surface area contributed by atoms with Crippen LogP contribution >= 0.6 is 0 Å². The predicted octanol–water partition coefficient (Wildman–Crippen LogP) is 2.04. The van der Waals surface area contributed by atoms with Crippen molar-refractivity contribution in [3.05, 3.63) is 0 Å². The van der Waals surface area contributed by atoms with E-state index in [0.29, 0.717) is 0 Å². The molecule has 3 nitrogen and oxygen atoms in total. The third kappa shape index (κ3) is 5.25. The van der Waals surface area contributed by atoms with Crippen LogP contribution < -0.4 is 5.32 Å². The lowest BCUT2D eigenvalue weighted by Crippen LogP contribution is -2.49. The van der Waals surface area contributed by atoms with Crippen LogP contribution in [0, 0.1) is 5.92 Å². The molecule has 0 bridgehead atoms. The Hall–Kier alpha value is -0.120. The van der Waals surface area contributed by atoms with Crippen LogP contribution in [0.3, 0.4) is 0 Å². The Labute approximate surface area is 114 Å². The van der Waals surface area contributed by atoms with Crippen molar-refractivity contribution in [1.82, 2.24) is 15.1 Å². The Kier molecular flexibility index (Phi) is 7.87. The quantitative estimate of drug-likeness (QED) is 0.716. The summed E-state index contributed by atoms with van der Waals surface area (Å²) in [6.07, 6.45) is 2.67. The number of nitrogens with one attached hydrogen (secondary N) is 1. The Balaban J connectivity index is 2.28. The lowest BCUT2D eigenvalue weighted by molar-refractivity contribution is 0.144. The van der Waals surface area contributed by atoms with E-state index >= 15 is 0 Å². The fraction of sp³-hybridized carbons (Fsp3) is 1.00. The monoisotopic (exact) mass is 255 g/mol. The minimum absolute atomic E-state index is 0.760. The van der Waals surface area contributed by atoms with E-state index in [-0.39, 0.29) is 0 Å². The molecule has 0 aliphatic carbocycles. The molecule has 18 heavy (non-hydrogen) atoms. The van der Waals surface area contributed by atoms with Gasteiger partial charge in [-0.1, -0.05) is 27.7 Å². The summed E-state index contributed by atoms with van der Waals surface area (Å²) < 4.78 is 0. The summed E-state index contributed by atoms with van der Waals surface area (Å²) in [7, 11) is 0. The van der Waals surface area contributed by atoms with Gasteiger partial charge in [0.2, 0.25) is 0 Å². The third-order valence-electron chi connectivity index (χ3n) is 4.28. The van der Waals surface area contributed by atoms with Gasteiger partial charge in [-0.15, -0.1) is 0 Å². The van der Waals surface area contributed by atoms with Gasteiger partial charge in [0.15, 0.2) is 0 Å². The fourth-order valence-electron chi connectivity index (χ4n) is 3.04. The maximum absolute atomic E-state index is 3.57. The third-order valence-corrected chi connectivity index (χ3v) is 4.28. The molecule has 1 aliphatic rings. The second kappa shape index (κ2) is 8.89. The second-order valence-corrected chi connectivity index (χ2v) is 5.66. The molecule has 0 radical (unpaired) electrons. The number of hydrogen-bond acceptors (Lipinski definition) is 3. The molecule has 2 atom stereocenters. The molecule has 0 saturated carbocycles. The molecule has 0 aromatic rings. The van der Waals surface area contributed by atoms with Crippen LogP contribution in [-0.2, 0) is 0 Å². The van der Waals surface area contributed by atoms with Gasteiger partial charge in [0.1, 0.15) is 0 Å². The summed E-state index contributed by atoms with van der Waals surface area (Å²) in [6.45, 7) is 17.6. The molecule has 3 heteroatoms. The summed E-state index contributed by atoms with van der Waals surface area (Å²) in [5.41, 5.74) is 0. The highest BCUT2D eigenvalue weighted by Crippen LogP contribution is 2.15. The standard InChI is InChI=1S/C15H33N3/c1-5-17(6-2)9-8-10-18(7-3)15-11-14(4)12-16-13-15/h14-16H,5-13H2,1-4H3. The molecule has 108 valence electrons. The summed E-state index contributed by atoms with van der Waals surface area (Å²) in [5, 5.41) is 3.57. The molecule has 0 aromatic heterocycles. The zero-order valence-corrected chi connectivity index (χ0v) is 12.9. The van der Waals surface area contributed by atoms with Crippen molar-refractivity contribution >= 4 is 0 Å². The van der Waals surface area contributed by atoms with E-state index in [2.05, 4.69) is 42.8 Å². The fourth-order valence-corrected chi connectivity index (χ4v) is 3.04. The van der Waals surface area contributed by atoms with Crippen LogP contribution in [0.15, 0.2) is 0 Å². The van der Waals surface area contributed by atoms with Crippen LogP contribution in [-0.4, -0.2) is 61.7 Å². The first-order chi connectivity index (χ1) is 8.71. The minimum Gasteiger partial charge on any atom is -0.315 e. The van der Waals surface area contributed by atoms with Gasteiger partial charge in [-0.25, -0.2) is 0 Å². The number of likely N-dealkylation sites (N-methyl/N-ethyl adjacent to an activating group) is 1. The number of hydrogen-bond donors (Lipinski definition) is 1. The average molecular weight is 255 g/mol. The first-order valence-electron chi connectivity index (χ1n) is 7.88. The highest BCUT2D eigenvalue weighted by atomic mass is 15.2. The Morgan fingerprint density at radius 3 is 2.28 bits per heavy atom. The van der Waals surface area contributed by atoms with Crippen molar-refractivity contribution in [3.8, 4) is 0 Å². The van der Waals surface area contributed by atoms with E-state index < -0.39 is 0 Å². The topological polar surface area (TPSA) is 18.5 Å². The van der Waals surface area contributed by atoms with E-state index in [0.717, 1.165) is 12.0 Å².